The van der Waals surface area contributed by atoms with Crippen molar-refractivity contribution in [2.24, 2.45) is 0 Å². The largest absolute Gasteiger partial charge is 0.385 e. The van der Waals surface area contributed by atoms with Crippen molar-refractivity contribution >= 4 is 11.0 Å². The summed E-state index contributed by atoms with van der Waals surface area (Å²) >= 11 is 0. The third-order valence-electron chi connectivity index (χ3n) is 2.51. The number of aliphatic hydroxyl groups excluding tert-OH is 1. The van der Waals surface area contributed by atoms with Gasteiger partial charge in [0.25, 0.3) is 0 Å². The van der Waals surface area contributed by atoms with Crippen molar-refractivity contribution in [1.29, 1.82) is 0 Å². The summed E-state index contributed by atoms with van der Waals surface area (Å²) in [5.41, 5.74) is 4.37. The molecule has 0 aliphatic heterocycles. The van der Waals surface area contributed by atoms with Crippen molar-refractivity contribution in [3.05, 3.63) is 29.1 Å². The summed E-state index contributed by atoms with van der Waals surface area (Å²) in [5, 5.41) is 9.37. The molecular weight excluding hydrogens is 176 g/mol. The summed E-state index contributed by atoms with van der Waals surface area (Å²) < 4.78 is 0. The molecule has 0 aliphatic carbocycles. The first-order valence-electron chi connectivity index (χ1n) is 4.73. The van der Waals surface area contributed by atoms with Crippen LogP contribution in [-0.4, -0.2) is 15.1 Å². The summed E-state index contributed by atoms with van der Waals surface area (Å²) in [6, 6.07) is 4.09. The molecule has 3 nitrogen and oxygen atoms in total. The van der Waals surface area contributed by atoms with Crippen LogP contribution >= 0.6 is 0 Å². The van der Waals surface area contributed by atoms with Gasteiger partial charge >= 0.3 is 0 Å². The smallest absolute Gasteiger partial charge is 0.135 e. The lowest BCUT2D eigenvalue weighted by atomic mass is 10.1. The minimum Gasteiger partial charge on any atom is -0.385 e. The Morgan fingerprint density at radius 2 is 1.93 bits per heavy atom. The second-order valence-electron chi connectivity index (χ2n) is 3.75. The molecule has 0 bridgehead atoms. The third-order valence-corrected chi connectivity index (χ3v) is 2.51. The van der Waals surface area contributed by atoms with Crippen LogP contribution in [0.2, 0.25) is 0 Å². The molecule has 1 unspecified atom stereocenters. The number of nitrogens with zero attached hydrogens (tertiary/aromatic N) is 1. The maximum atomic E-state index is 9.37. The number of fused-ring (bicyclic) bond motifs is 1. The Hall–Kier alpha value is -1.35. The first-order chi connectivity index (χ1) is 6.58. The molecule has 0 spiro atoms. The lowest BCUT2D eigenvalue weighted by Gasteiger charge is -1.97. The van der Waals surface area contributed by atoms with E-state index in [1.807, 2.05) is 6.07 Å². The number of rotatable bonds is 1. The highest BCUT2D eigenvalue weighted by atomic mass is 16.3. The molecule has 0 saturated carbocycles. The Labute approximate surface area is 82.8 Å². The van der Waals surface area contributed by atoms with Crippen LogP contribution in [0.4, 0.5) is 0 Å². The topological polar surface area (TPSA) is 48.9 Å². The van der Waals surface area contributed by atoms with E-state index in [9.17, 15) is 5.11 Å². The summed E-state index contributed by atoms with van der Waals surface area (Å²) in [4.78, 5) is 7.41. The van der Waals surface area contributed by atoms with Gasteiger partial charge in [0, 0.05) is 0 Å². The molecule has 14 heavy (non-hydrogen) atoms. The third kappa shape index (κ3) is 1.40. The SMILES string of the molecule is Cc1cc2nc(C(C)O)[nH]c2cc1C. The van der Waals surface area contributed by atoms with E-state index in [1.54, 1.807) is 6.92 Å². The maximum absolute atomic E-state index is 9.37. The zero-order valence-corrected chi connectivity index (χ0v) is 8.63. The number of aromatic amines is 1. The van der Waals surface area contributed by atoms with Crippen molar-refractivity contribution in [2.75, 3.05) is 0 Å². The fraction of sp³-hybridized carbons (Fsp3) is 0.364. The highest BCUT2D eigenvalue weighted by Gasteiger charge is 2.08. The summed E-state index contributed by atoms with van der Waals surface area (Å²) in [6.45, 7) is 5.83. The van der Waals surface area contributed by atoms with Gasteiger partial charge in [-0.15, -0.1) is 0 Å². The van der Waals surface area contributed by atoms with Gasteiger partial charge in [-0.25, -0.2) is 4.98 Å². The van der Waals surface area contributed by atoms with Crippen LogP contribution in [0.25, 0.3) is 11.0 Å². The normalized spacial score (nSPS) is 13.4. The molecule has 0 radical (unpaired) electrons. The quantitative estimate of drug-likeness (QED) is 0.724. The highest BCUT2D eigenvalue weighted by Crippen LogP contribution is 2.19. The van der Waals surface area contributed by atoms with Crippen LogP contribution in [0.3, 0.4) is 0 Å². The molecule has 1 aromatic carbocycles. The lowest BCUT2D eigenvalue weighted by molar-refractivity contribution is 0.190. The molecular formula is C11H14N2O. The molecule has 0 fully saturated rings. The zero-order valence-electron chi connectivity index (χ0n) is 8.63. The molecule has 3 heteroatoms. The Bertz CT molecular complexity index is 432. The summed E-state index contributed by atoms with van der Waals surface area (Å²) in [7, 11) is 0. The van der Waals surface area contributed by atoms with E-state index in [0.717, 1.165) is 11.0 Å². The average molecular weight is 190 g/mol. The second-order valence-corrected chi connectivity index (χ2v) is 3.75. The highest BCUT2D eigenvalue weighted by molar-refractivity contribution is 5.77. The number of imidazole rings is 1. The van der Waals surface area contributed by atoms with Gasteiger partial charge in [-0.2, -0.15) is 0 Å². The van der Waals surface area contributed by atoms with Gasteiger partial charge in [-0.3, -0.25) is 0 Å². The molecule has 0 amide bonds. The van der Waals surface area contributed by atoms with Gasteiger partial charge < -0.3 is 10.1 Å². The van der Waals surface area contributed by atoms with Crippen LogP contribution in [0.15, 0.2) is 12.1 Å². The van der Waals surface area contributed by atoms with Crippen LogP contribution in [0, 0.1) is 13.8 Å². The Kier molecular flexibility index (Phi) is 2.04. The number of hydrogen-bond acceptors (Lipinski definition) is 2. The van der Waals surface area contributed by atoms with Crippen molar-refractivity contribution in [1.82, 2.24) is 9.97 Å². The van der Waals surface area contributed by atoms with Crippen molar-refractivity contribution in [2.45, 2.75) is 26.9 Å². The molecule has 1 aromatic heterocycles. The number of aryl methyl sites for hydroxylation is 2. The van der Waals surface area contributed by atoms with Crippen molar-refractivity contribution in [3.8, 4) is 0 Å². The van der Waals surface area contributed by atoms with Gasteiger partial charge in [0.2, 0.25) is 0 Å². The Morgan fingerprint density at radius 1 is 1.29 bits per heavy atom. The van der Waals surface area contributed by atoms with E-state index in [0.29, 0.717) is 5.82 Å². The van der Waals surface area contributed by atoms with Gasteiger partial charge in [0.15, 0.2) is 0 Å². The number of benzene rings is 1. The van der Waals surface area contributed by atoms with Gasteiger partial charge in [0.05, 0.1) is 11.0 Å². The van der Waals surface area contributed by atoms with Crippen LogP contribution < -0.4 is 0 Å². The predicted octanol–water partition coefficient (Wildman–Crippen LogP) is 2.23. The van der Waals surface area contributed by atoms with Crippen LogP contribution in [-0.2, 0) is 0 Å². The molecule has 74 valence electrons. The first kappa shape index (κ1) is 9.21. The molecule has 1 atom stereocenters. The minimum absolute atomic E-state index is 0.539. The Balaban J connectivity index is 2.66. The first-order valence-corrected chi connectivity index (χ1v) is 4.73. The van der Waals surface area contributed by atoms with Crippen LogP contribution in [0.1, 0.15) is 30.0 Å². The fourth-order valence-electron chi connectivity index (χ4n) is 1.49. The summed E-state index contributed by atoms with van der Waals surface area (Å²) in [6.07, 6.45) is -0.539. The van der Waals surface area contributed by atoms with E-state index in [-0.39, 0.29) is 0 Å². The van der Waals surface area contributed by atoms with E-state index >= 15 is 0 Å². The van der Waals surface area contributed by atoms with Gasteiger partial charge in [0.1, 0.15) is 11.9 Å². The molecule has 0 saturated heterocycles. The summed E-state index contributed by atoms with van der Waals surface area (Å²) in [5.74, 6) is 0.630. The second kappa shape index (κ2) is 3.10. The van der Waals surface area contributed by atoms with Crippen molar-refractivity contribution in [3.63, 3.8) is 0 Å². The molecule has 0 aliphatic rings. The molecule has 1 heterocycles. The number of nitrogens with one attached hydrogen (secondary N) is 1. The van der Waals surface area contributed by atoms with Crippen molar-refractivity contribution < 1.29 is 5.11 Å². The van der Waals surface area contributed by atoms with E-state index in [2.05, 4.69) is 29.9 Å². The maximum Gasteiger partial charge on any atom is 0.135 e. The Morgan fingerprint density at radius 3 is 2.57 bits per heavy atom. The monoisotopic (exact) mass is 190 g/mol. The standard InChI is InChI=1S/C11H14N2O/c1-6-4-9-10(5-7(6)2)13-11(12-9)8(3)14/h4-5,8,14H,1-3H3,(H,12,13). The lowest BCUT2D eigenvalue weighted by Crippen LogP contribution is -1.92. The van der Waals surface area contributed by atoms with Crippen LogP contribution in [0.5, 0.6) is 0 Å². The van der Waals surface area contributed by atoms with E-state index in [1.165, 1.54) is 11.1 Å². The van der Waals surface area contributed by atoms with Gasteiger partial charge in [-0.05, 0) is 44.0 Å². The molecule has 2 N–H and O–H groups in total. The fourth-order valence-corrected chi connectivity index (χ4v) is 1.49. The minimum atomic E-state index is -0.539. The molecule has 2 rings (SSSR count). The predicted molar refractivity (Wildman–Crippen MR) is 56.2 cm³/mol. The number of hydrogen-bond donors (Lipinski definition) is 2. The van der Waals surface area contributed by atoms with E-state index < -0.39 is 6.10 Å². The zero-order chi connectivity index (χ0) is 10.3. The average Bonchev–Trinajstić information content (AvgIpc) is 2.48. The molecule has 2 aromatic rings. The van der Waals surface area contributed by atoms with Gasteiger partial charge in [-0.1, -0.05) is 0 Å². The van der Waals surface area contributed by atoms with E-state index in [4.69, 9.17) is 0 Å². The number of H-pyrrole nitrogens is 1. The number of aromatic nitrogens is 2. The number of aliphatic hydroxyl groups is 1.